The molecule has 1 aliphatic rings. The minimum atomic E-state index is -1.58. The maximum Gasteiger partial charge on any atom is 0.220 e. The summed E-state index contributed by atoms with van der Waals surface area (Å²) in [6.07, 6.45) is 70.9. The third kappa shape index (κ3) is 44.0. The highest BCUT2D eigenvalue weighted by Crippen LogP contribution is 2.23. The molecule has 1 fully saturated rings. The monoisotopic (exact) mass is 1050 g/mol. The molecule has 6 N–H and O–H groups in total. The Morgan fingerprint density at radius 1 is 0.467 bits per heavy atom. The second kappa shape index (κ2) is 54.7. The molecule has 1 amide bonds. The molecule has 1 heterocycles. The Morgan fingerprint density at radius 2 is 0.840 bits per heavy atom. The average molecular weight is 1050 g/mol. The van der Waals surface area contributed by atoms with Gasteiger partial charge in [-0.15, -0.1) is 0 Å². The Kier molecular flexibility index (Phi) is 51.3. The fraction of sp³-hybridized carbons (Fsp3) is 0.773. The molecule has 0 saturated carbocycles. The smallest absolute Gasteiger partial charge is 0.220 e. The van der Waals surface area contributed by atoms with Crippen molar-refractivity contribution in [3.63, 3.8) is 0 Å². The Morgan fingerprint density at radius 3 is 1.28 bits per heavy atom. The summed E-state index contributed by atoms with van der Waals surface area (Å²) < 4.78 is 11.3. The first-order valence-electron chi connectivity index (χ1n) is 31.3. The van der Waals surface area contributed by atoms with Crippen molar-refractivity contribution in [2.24, 2.45) is 0 Å². The number of hydrogen-bond acceptors (Lipinski definition) is 8. The first-order chi connectivity index (χ1) is 36.8. The van der Waals surface area contributed by atoms with E-state index in [-0.39, 0.29) is 12.5 Å². The number of amides is 1. The van der Waals surface area contributed by atoms with Gasteiger partial charge in [-0.3, -0.25) is 4.79 Å². The minimum absolute atomic E-state index is 0.191. The minimum Gasteiger partial charge on any atom is -0.394 e. The van der Waals surface area contributed by atoms with Crippen LogP contribution in [0.2, 0.25) is 0 Å². The van der Waals surface area contributed by atoms with Gasteiger partial charge in [0.25, 0.3) is 0 Å². The Hall–Kier alpha value is -2.63. The number of carbonyl (C=O) groups is 1. The number of allylic oxidation sites excluding steroid dienone is 13. The zero-order valence-electron chi connectivity index (χ0n) is 48.3. The van der Waals surface area contributed by atoms with Gasteiger partial charge in [-0.1, -0.05) is 272 Å². The van der Waals surface area contributed by atoms with E-state index in [1.165, 1.54) is 173 Å². The third-order valence-electron chi connectivity index (χ3n) is 14.5. The summed E-state index contributed by atoms with van der Waals surface area (Å²) in [4.78, 5) is 13.1. The number of nitrogens with one attached hydrogen (secondary N) is 1. The molecule has 1 aliphatic heterocycles. The topological polar surface area (TPSA) is 149 Å². The average Bonchev–Trinajstić information content (AvgIpc) is 3.41. The standard InChI is InChI=1S/C66H117NO8/c1-3-5-7-9-11-13-15-17-19-21-23-25-27-29-30-32-34-36-38-40-42-44-46-48-50-52-54-56-62(70)67-59(58-74-66-65(73)64(72)63(71)61(57-68)75-66)60(69)55-53-51-49-47-45-43-41-39-37-35-33-31-28-26-24-22-20-18-16-14-12-10-8-6-4-2/h5,7,11,13,17,19,23,25,29-30,45,47,53,55,59-61,63-66,68-69,71-73H,3-4,6,8-10,12,14-16,18,20-22,24,26-28,31-44,46,48-52,54,56-58H2,1-2H3,(H,67,70)/b7-5-,13-11-,19-17-,25-23-,30-29-,47-45+,55-53+. The molecule has 0 spiro atoms. The van der Waals surface area contributed by atoms with Crippen LogP contribution in [0.25, 0.3) is 0 Å². The number of ether oxygens (including phenoxy) is 2. The molecule has 1 saturated heterocycles. The van der Waals surface area contributed by atoms with Crippen LogP contribution in [0.3, 0.4) is 0 Å². The lowest BCUT2D eigenvalue weighted by Crippen LogP contribution is -2.60. The van der Waals surface area contributed by atoms with Crippen molar-refractivity contribution >= 4 is 5.91 Å². The fourth-order valence-corrected chi connectivity index (χ4v) is 9.55. The number of unbranched alkanes of at least 4 members (excludes halogenated alkanes) is 31. The van der Waals surface area contributed by atoms with Crippen LogP contribution in [0, 0.1) is 0 Å². The molecule has 0 aromatic heterocycles. The molecule has 0 aromatic carbocycles. The van der Waals surface area contributed by atoms with E-state index in [1.54, 1.807) is 6.08 Å². The van der Waals surface area contributed by atoms with Crippen LogP contribution < -0.4 is 5.32 Å². The van der Waals surface area contributed by atoms with Gasteiger partial charge in [0.1, 0.15) is 24.4 Å². The molecule has 7 unspecified atom stereocenters. The summed E-state index contributed by atoms with van der Waals surface area (Å²) >= 11 is 0. The molecule has 1 rings (SSSR count). The van der Waals surface area contributed by atoms with Crippen molar-refractivity contribution in [1.29, 1.82) is 0 Å². The van der Waals surface area contributed by atoms with Gasteiger partial charge in [-0.2, -0.15) is 0 Å². The van der Waals surface area contributed by atoms with Gasteiger partial charge < -0.3 is 40.3 Å². The van der Waals surface area contributed by atoms with Crippen molar-refractivity contribution in [2.45, 2.75) is 314 Å². The molecule has 434 valence electrons. The van der Waals surface area contributed by atoms with E-state index in [0.717, 1.165) is 77.0 Å². The first-order valence-corrected chi connectivity index (χ1v) is 31.3. The van der Waals surface area contributed by atoms with Crippen LogP contribution in [-0.4, -0.2) is 87.5 Å². The van der Waals surface area contributed by atoms with Crippen LogP contribution in [0.1, 0.15) is 271 Å². The Bertz CT molecular complexity index is 1450. The molecule has 9 nitrogen and oxygen atoms in total. The summed E-state index contributed by atoms with van der Waals surface area (Å²) in [5.41, 5.74) is 0. The van der Waals surface area contributed by atoms with Gasteiger partial charge in [0.05, 0.1) is 25.4 Å². The number of carbonyl (C=O) groups excluding carboxylic acids is 1. The van der Waals surface area contributed by atoms with Crippen LogP contribution in [0.5, 0.6) is 0 Å². The zero-order chi connectivity index (χ0) is 54.3. The van der Waals surface area contributed by atoms with E-state index in [2.05, 4.69) is 92.1 Å². The molecule has 0 aromatic rings. The highest BCUT2D eigenvalue weighted by atomic mass is 16.7. The maximum atomic E-state index is 13.1. The van der Waals surface area contributed by atoms with Crippen molar-refractivity contribution in [3.8, 4) is 0 Å². The summed E-state index contributed by atoms with van der Waals surface area (Å²) in [6.45, 7) is 3.67. The van der Waals surface area contributed by atoms with Crippen molar-refractivity contribution in [3.05, 3.63) is 85.1 Å². The van der Waals surface area contributed by atoms with Crippen LogP contribution >= 0.6 is 0 Å². The summed E-state index contributed by atoms with van der Waals surface area (Å²) in [7, 11) is 0. The maximum absolute atomic E-state index is 13.1. The van der Waals surface area contributed by atoms with E-state index in [4.69, 9.17) is 9.47 Å². The number of hydrogen-bond donors (Lipinski definition) is 6. The normalized spacial score (nSPS) is 19.5. The molecular formula is C66H117NO8. The fourth-order valence-electron chi connectivity index (χ4n) is 9.55. The predicted octanol–water partition coefficient (Wildman–Crippen LogP) is 16.2. The first kappa shape index (κ1) is 70.4. The lowest BCUT2D eigenvalue weighted by atomic mass is 9.99. The quantitative estimate of drug-likeness (QED) is 0.0261. The molecule has 7 atom stereocenters. The van der Waals surface area contributed by atoms with Gasteiger partial charge in [0.2, 0.25) is 5.91 Å². The third-order valence-corrected chi connectivity index (χ3v) is 14.5. The van der Waals surface area contributed by atoms with E-state index < -0.39 is 49.5 Å². The summed E-state index contributed by atoms with van der Waals surface area (Å²) in [5.74, 6) is -0.191. The van der Waals surface area contributed by atoms with Gasteiger partial charge in [-0.25, -0.2) is 0 Å². The molecular weight excluding hydrogens is 935 g/mol. The van der Waals surface area contributed by atoms with Crippen molar-refractivity contribution < 1.29 is 39.8 Å². The second-order valence-electron chi connectivity index (χ2n) is 21.5. The highest BCUT2D eigenvalue weighted by molar-refractivity contribution is 5.76. The zero-order valence-corrected chi connectivity index (χ0v) is 48.3. The molecule has 9 heteroatoms. The largest absolute Gasteiger partial charge is 0.394 e. The van der Waals surface area contributed by atoms with E-state index in [9.17, 15) is 30.3 Å². The number of aliphatic hydroxyl groups excluding tert-OH is 5. The van der Waals surface area contributed by atoms with Crippen molar-refractivity contribution in [1.82, 2.24) is 5.32 Å². The van der Waals surface area contributed by atoms with Gasteiger partial charge in [0.15, 0.2) is 6.29 Å². The summed E-state index contributed by atoms with van der Waals surface area (Å²) in [6, 6.07) is -0.830. The molecule has 75 heavy (non-hydrogen) atoms. The predicted molar refractivity (Wildman–Crippen MR) is 318 cm³/mol. The van der Waals surface area contributed by atoms with E-state index in [1.807, 2.05) is 6.08 Å². The number of aliphatic hydroxyl groups is 5. The lowest BCUT2D eigenvalue weighted by molar-refractivity contribution is -0.302. The summed E-state index contributed by atoms with van der Waals surface area (Å²) in [5, 5.41) is 54.6. The SMILES string of the molecule is CC/C=C\C/C=C\C/C=C\C/C=C\C/C=C\CCCCCCCCCCCCCC(=O)NC(COC1OC(CO)C(O)C(O)C1O)C(O)/C=C/CC/C=C/CCCCCCCCCCCCCCCCCCCCC. The molecule has 0 aliphatic carbocycles. The van der Waals surface area contributed by atoms with Crippen LogP contribution in [0.15, 0.2) is 85.1 Å². The number of rotatable bonds is 53. The van der Waals surface area contributed by atoms with Crippen LogP contribution in [0.4, 0.5) is 0 Å². The molecule has 0 radical (unpaired) electrons. The Labute approximate surface area is 461 Å². The van der Waals surface area contributed by atoms with Gasteiger partial charge in [0, 0.05) is 6.42 Å². The second-order valence-corrected chi connectivity index (χ2v) is 21.5. The van der Waals surface area contributed by atoms with E-state index in [0.29, 0.717) is 6.42 Å². The van der Waals surface area contributed by atoms with E-state index >= 15 is 0 Å². The molecule has 0 bridgehead atoms. The van der Waals surface area contributed by atoms with Gasteiger partial charge >= 0.3 is 0 Å². The Balaban J connectivity index is 2.22. The van der Waals surface area contributed by atoms with Crippen LogP contribution in [-0.2, 0) is 14.3 Å². The highest BCUT2D eigenvalue weighted by Gasteiger charge is 2.44. The van der Waals surface area contributed by atoms with Crippen molar-refractivity contribution in [2.75, 3.05) is 13.2 Å². The lowest BCUT2D eigenvalue weighted by Gasteiger charge is -2.40. The van der Waals surface area contributed by atoms with Gasteiger partial charge in [-0.05, 0) is 77.0 Å².